The first-order chi connectivity index (χ1) is 18.7. The lowest BCUT2D eigenvalue weighted by Gasteiger charge is -2.20. The van der Waals surface area contributed by atoms with E-state index in [0.717, 1.165) is 5.56 Å². The number of nitrogens with zero attached hydrogens (tertiary/aromatic N) is 2. The maximum absolute atomic E-state index is 12.8. The molecule has 0 aliphatic heterocycles. The van der Waals surface area contributed by atoms with Gasteiger partial charge in [-0.1, -0.05) is 55.2 Å². The van der Waals surface area contributed by atoms with Gasteiger partial charge in [0.1, 0.15) is 12.6 Å². The van der Waals surface area contributed by atoms with Gasteiger partial charge in [0.05, 0.1) is 34.5 Å². The molecule has 1 unspecified atom stereocenters. The summed E-state index contributed by atoms with van der Waals surface area (Å²) in [4.78, 5) is 25.5. The van der Waals surface area contributed by atoms with Gasteiger partial charge < -0.3 is 14.8 Å². The number of hydrazone groups is 1. The van der Waals surface area contributed by atoms with Gasteiger partial charge in [-0.05, 0) is 60.9 Å². The smallest absolute Gasteiger partial charge is 0.262 e. The summed E-state index contributed by atoms with van der Waals surface area (Å²) in [5, 5.41) is 16.6. The Hall–Kier alpha value is -4.06. The molecule has 3 aromatic carbocycles. The van der Waals surface area contributed by atoms with Crippen molar-refractivity contribution in [2.24, 2.45) is 11.0 Å². The zero-order valence-corrected chi connectivity index (χ0v) is 23.2. The lowest BCUT2D eigenvalue weighted by molar-refractivity contribution is -0.123. The van der Waals surface area contributed by atoms with E-state index in [1.165, 1.54) is 24.4 Å². The molecule has 0 aromatic heterocycles. The summed E-state index contributed by atoms with van der Waals surface area (Å²) in [6.07, 6.45) is 1.47. The molecule has 1 atom stereocenters. The molecule has 202 valence electrons. The van der Waals surface area contributed by atoms with Gasteiger partial charge in [-0.25, -0.2) is 5.43 Å². The molecule has 8 nitrogen and oxygen atoms in total. The van der Waals surface area contributed by atoms with Gasteiger partial charge in [-0.2, -0.15) is 10.4 Å². The maximum atomic E-state index is 12.8. The molecule has 0 saturated heterocycles. The van der Waals surface area contributed by atoms with E-state index in [0.29, 0.717) is 34.3 Å². The first kappa shape index (κ1) is 29.5. The van der Waals surface area contributed by atoms with Gasteiger partial charge in [0.15, 0.2) is 11.5 Å². The summed E-state index contributed by atoms with van der Waals surface area (Å²) < 4.78 is 11.6. The van der Waals surface area contributed by atoms with Crippen molar-refractivity contribution in [1.29, 1.82) is 5.26 Å². The maximum Gasteiger partial charge on any atom is 0.262 e. The topological polar surface area (TPSA) is 113 Å². The van der Waals surface area contributed by atoms with Crippen molar-refractivity contribution in [1.82, 2.24) is 10.7 Å². The monoisotopic (exact) mass is 566 g/mol. The highest BCUT2D eigenvalue weighted by molar-refractivity contribution is 6.42. The largest absolute Gasteiger partial charge is 0.490 e. The summed E-state index contributed by atoms with van der Waals surface area (Å²) in [7, 11) is 0. The molecule has 2 amide bonds. The molecule has 0 saturated carbocycles. The van der Waals surface area contributed by atoms with Crippen LogP contribution in [0, 0.1) is 17.2 Å². The van der Waals surface area contributed by atoms with Crippen LogP contribution in [0.3, 0.4) is 0 Å². The Kier molecular flexibility index (Phi) is 10.7. The fourth-order valence-electron chi connectivity index (χ4n) is 3.54. The van der Waals surface area contributed by atoms with Crippen molar-refractivity contribution in [3.63, 3.8) is 0 Å². The van der Waals surface area contributed by atoms with Gasteiger partial charge >= 0.3 is 0 Å². The minimum atomic E-state index is -0.838. The van der Waals surface area contributed by atoms with Gasteiger partial charge in [0, 0.05) is 11.1 Å². The first-order valence-electron chi connectivity index (χ1n) is 12.2. The molecule has 0 bridgehead atoms. The lowest BCUT2D eigenvalue weighted by Crippen LogP contribution is -2.48. The highest BCUT2D eigenvalue weighted by Gasteiger charge is 2.24. The number of nitrogens with one attached hydrogen (secondary N) is 2. The van der Waals surface area contributed by atoms with Crippen LogP contribution >= 0.6 is 23.2 Å². The van der Waals surface area contributed by atoms with Crippen LogP contribution in [0.15, 0.2) is 65.8 Å². The molecule has 0 fully saturated rings. The van der Waals surface area contributed by atoms with E-state index >= 15 is 0 Å². The van der Waals surface area contributed by atoms with Gasteiger partial charge in [-0.3, -0.25) is 9.59 Å². The Bertz CT molecular complexity index is 1400. The van der Waals surface area contributed by atoms with Crippen LogP contribution in [0.4, 0.5) is 0 Å². The zero-order valence-electron chi connectivity index (χ0n) is 21.7. The zero-order chi connectivity index (χ0) is 28.4. The molecule has 0 heterocycles. The van der Waals surface area contributed by atoms with Crippen LogP contribution in [0.5, 0.6) is 11.5 Å². The SMILES string of the molecule is CCOc1cc(/C=N/NC(=O)C(NC(=O)c2ccc(Cl)c(Cl)c2)C(C)C)ccc1OCc1ccccc1C#N. The van der Waals surface area contributed by atoms with Gasteiger partial charge in [0.25, 0.3) is 11.8 Å². The number of hydrogen-bond donors (Lipinski definition) is 2. The number of halogens is 2. The number of ether oxygens (including phenoxy) is 2. The second-order valence-corrected chi connectivity index (χ2v) is 9.57. The van der Waals surface area contributed by atoms with Crippen LogP contribution in [0.2, 0.25) is 10.0 Å². The van der Waals surface area contributed by atoms with Crippen molar-refractivity contribution >= 4 is 41.2 Å². The molecule has 0 spiro atoms. The Labute approximate surface area is 237 Å². The molecule has 0 radical (unpaired) electrons. The number of hydrogen-bond acceptors (Lipinski definition) is 6. The van der Waals surface area contributed by atoms with E-state index in [9.17, 15) is 14.9 Å². The Morgan fingerprint density at radius 2 is 1.79 bits per heavy atom. The highest BCUT2D eigenvalue weighted by Crippen LogP contribution is 2.29. The quantitative estimate of drug-likeness (QED) is 0.226. The normalized spacial score (nSPS) is 11.6. The van der Waals surface area contributed by atoms with Crippen molar-refractivity contribution in [3.8, 4) is 17.6 Å². The Morgan fingerprint density at radius 1 is 1.03 bits per heavy atom. The minimum absolute atomic E-state index is 0.206. The van der Waals surface area contributed by atoms with E-state index < -0.39 is 17.9 Å². The number of amides is 2. The third kappa shape index (κ3) is 8.21. The highest BCUT2D eigenvalue weighted by atomic mass is 35.5. The van der Waals surface area contributed by atoms with Crippen molar-refractivity contribution in [3.05, 3.63) is 93.0 Å². The van der Waals surface area contributed by atoms with Gasteiger partial charge in [0.2, 0.25) is 0 Å². The third-order valence-electron chi connectivity index (χ3n) is 5.59. The number of carbonyl (C=O) groups excluding carboxylic acids is 2. The second-order valence-electron chi connectivity index (χ2n) is 8.76. The van der Waals surface area contributed by atoms with Crippen LogP contribution in [-0.4, -0.2) is 30.7 Å². The van der Waals surface area contributed by atoms with E-state index in [1.807, 2.05) is 32.9 Å². The van der Waals surface area contributed by atoms with Crippen LogP contribution in [0.1, 0.15) is 47.8 Å². The van der Waals surface area contributed by atoms with Crippen LogP contribution in [-0.2, 0) is 11.4 Å². The van der Waals surface area contributed by atoms with Crippen molar-refractivity contribution in [2.45, 2.75) is 33.4 Å². The van der Waals surface area contributed by atoms with Crippen molar-refractivity contribution < 1.29 is 19.1 Å². The average Bonchev–Trinajstić information content (AvgIpc) is 2.92. The predicted octanol–water partition coefficient (Wildman–Crippen LogP) is 5.75. The molecule has 3 aromatic rings. The molecule has 0 aliphatic carbocycles. The summed E-state index contributed by atoms with van der Waals surface area (Å²) in [6.45, 7) is 6.10. The molecule has 0 aliphatic rings. The molecule has 3 rings (SSSR count). The summed E-state index contributed by atoms with van der Waals surface area (Å²) >= 11 is 11.9. The second kappa shape index (κ2) is 14.2. The number of carbonyl (C=O) groups is 2. The molecule has 39 heavy (non-hydrogen) atoms. The van der Waals surface area contributed by atoms with Crippen LogP contribution in [0.25, 0.3) is 0 Å². The third-order valence-corrected chi connectivity index (χ3v) is 6.33. The summed E-state index contributed by atoms with van der Waals surface area (Å²) in [5.74, 6) is -0.137. The fourth-order valence-corrected chi connectivity index (χ4v) is 3.84. The molecule has 2 N–H and O–H groups in total. The van der Waals surface area contributed by atoms with E-state index in [4.69, 9.17) is 32.7 Å². The average molecular weight is 567 g/mol. The van der Waals surface area contributed by atoms with E-state index in [2.05, 4.69) is 21.9 Å². The molecule has 10 heteroatoms. The number of rotatable bonds is 11. The van der Waals surface area contributed by atoms with E-state index in [-0.39, 0.29) is 23.1 Å². The minimum Gasteiger partial charge on any atom is -0.490 e. The summed E-state index contributed by atoms with van der Waals surface area (Å²) in [6, 6.07) is 18.2. The fraction of sp³-hybridized carbons (Fsp3) is 0.241. The first-order valence-corrected chi connectivity index (χ1v) is 13.0. The molecular weight excluding hydrogens is 539 g/mol. The van der Waals surface area contributed by atoms with E-state index in [1.54, 1.807) is 30.3 Å². The Morgan fingerprint density at radius 3 is 2.49 bits per heavy atom. The summed E-state index contributed by atoms with van der Waals surface area (Å²) in [5.41, 5.74) is 4.73. The Balaban J connectivity index is 1.66. The standard InChI is InChI=1S/C29H28Cl2N4O4/c1-4-38-26-13-19(9-12-25(26)39-17-22-8-6-5-7-21(22)15-32)16-33-35-29(37)27(18(2)3)34-28(36)20-10-11-23(30)24(31)14-20/h5-14,16,18,27H,4,17H2,1-3H3,(H,34,36)(H,35,37)/b33-16+. The van der Waals surface area contributed by atoms with Crippen LogP contribution < -0.4 is 20.2 Å². The van der Waals surface area contributed by atoms with Gasteiger partial charge in [-0.15, -0.1) is 0 Å². The lowest BCUT2D eigenvalue weighted by atomic mass is 10.0. The predicted molar refractivity (Wildman–Crippen MR) is 151 cm³/mol. The van der Waals surface area contributed by atoms with Crippen molar-refractivity contribution in [2.75, 3.05) is 6.61 Å². The molecular formula is C29H28Cl2N4O4. The number of nitriles is 1. The number of benzene rings is 3.